The third-order valence-corrected chi connectivity index (χ3v) is 2.62. The summed E-state index contributed by atoms with van der Waals surface area (Å²) >= 11 is 0. The van der Waals surface area contributed by atoms with E-state index in [0.29, 0.717) is 12.1 Å². The number of rotatable bonds is 5. The van der Waals surface area contributed by atoms with E-state index in [2.05, 4.69) is 23.0 Å². The van der Waals surface area contributed by atoms with Crippen LogP contribution in [0.15, 0.2) is 60.7 Å². The Morgan fingerprint density at radius 3 is 2.17 bits per heavy atom. The van der Waals surface area contributed by atoms with Crippen LogP contribution in [0.4, 0.5) is 0 Å². The van der Waals surface area contributed by atoms with E-state index >= 15 is 0 Å². The van der Waals surface area contributed by atoms with Crippen LogP contribution in [0.1, 0.15) is 15.9 Å². The van der Waals surface area contributed by atoms with Crippen LogP contribution in [0.5, 0.6) is 0 Å². The van der Waals surface area contributed by atoms with Crippen molar-refractivity contribution in [2.75, 3.05) is 6.54 Å². The van der Waals surface area contributed by atoms with Crippen molar-refractivity contribution in [3.63, 3.8) is 0 Å². The molecule has 3 nitrogen and oxygen atoms in total. The summed E-state index contributed by atoms with van der Waals surface area (Å²) in [5.74, 6) is -0.108. The summed E-state index contributed by atoms with van der Waals surface area (Å²) in [6.45, 7) is 0.711. The van der Waals surface area contributed by atoms with E-state index in [1.807, 2.05) is 36.4 Å². The van der Waals surface area contributed by atoms with Gasteiger partial charge in [0.1, 0.15) is 0 Å². The van der Waals surface area contributed by atoms with Gasteiger partial charge in [0.25, 0.3) is 5.91 Å². The van der Waals surface area contributed by atoms with Gasteiger partial charge in [-0.15, -0.1) is 0 Å². The zero-order valence-electron chi connectivity index (χ0n) is 10.1. The minimum atomic E-state index is -0.108. The summed E-state index contributed by atoms with van der Waals surface area (Å²) in [7, 11) is 0. The molecule has 2 rings (SSSR count). The van der Waals surface area contributed by atoms with Crippen LogP contribution in [0, 0.1) is 0 Å². The molecule has 0 saturated heterocycles. The third kappa shape index (κ3) is 3.71. The first-order valence-corrected chi connectivity index (χ1v) is 5.98. The number of carbonyl (C=O) groups is 1. The van der Waals surface area contributed by atoms with E-state index in [0.717, 1.165) is 6.42 Å². The Bertz CT molecular complexity index is 482. The third-order valence-electron chi connectivity index (χ3n) is 2.62. The lowest BCUT2D eigenvalue weighted by atomic mass is 10.2. The van der Waals surface area contributed by atoms with Crippen LogP contribution in [0.25, 0.3) is 0 Å². The van der Waals surface area contributed by atoms with E-state index in [4.69, 9.17) is 0 Å². The van der Waals surface area contributed by atoms with E-state index in [1.165, 1.54) is 5.56 Å². The van der Waals surface area contributed by atoms with Crippen molar-refractivity contribution in [1.82, 2.24) is 10.9 Å². The fraction of sp³-hybridized carbons (Fsp3) is 0.133. The standard InChI is InChI=1S/C15H16N2O/c18-15(14-9-5-2-6-10-14)17-16-12-11-13-7-3-1-4-8-13/h1-10,16H,11-12H2,(H,17,18). The maximum absolute atomic E-state index is 11.7. The summed E-state index contributed by atoms with van der Waals surface area (Å²) < 4.78 is 0. The van der Waals surface area contributed by atoms with Crippen molar-refractivity contribution in [2.24, 2.45) is 0 Å². The lowest BCUT2D eigenvalue weighted by Gasteiger charge is -2.07. The van der Waals surface area contributed by atoms with Crippen molar-refractivity contribution in [3.05, 3.63) is 71.8 Å². The van der Waals surface area contributed by atoms with Gasteiger partial charge in [0.2, 0.25) is 0 Å². The van der Waals surface area contributed by atoms with Crippen molar-refractivity contribution in [3.8, 4) is 0 Å². The number of carbonyl (C=O) groups excluding carboxylic acids is 1. The van der Waals surface area contributed by atoms with Crippen LogP contribution >= 0.6 is 0 Å². The first-order valence-electron chi connectivity index (χ1n) is 5.98. The van der Waals surface area contributed by atoms with Gasteiger partial charge >= 0.3 is 0 Å². The SMILES string of the molecule is O=C(NNCCc1ccccc1)c1ccccc1. The van der Waals surface area contributed by atoms with Gasteiger partial charge in [-0.25, -0.2) is 5.43 Å². The highest BCUT2D eigenvalue weighted by Crippen LogP contribution is 1.98. The minimum Gasteiger partial charge on any atom is -0.287 e. The molecule has 92 valence electrons. The molecular formula is C15H16N2O. The van der Waals surface area contributed by atoms with Gasteiger partial charge < -0.3 is 0 Å². The van der Waals surface area contributed by atoms with Crippen molar-refractivity contribution in [1.29, 1.82) is 0 Å². The Labute approximate surface area is 107 Å². The second kappa shape index (κ2) is 6.57. The average molecular weight is 240 g/mol. The molecule has 2 N–H and O–H groups in total. The summed E-state index contributed by atoms with van der Waals surface area (Å²) in [5, 5.41) is 0. The normalized spacial score (nSPS) is 10.0. The molecule has 0 atom stereocenters. The first kappa shape index (κ1) is 12.3. The lowest BCUT2D eigenvalue weighted by Crippen LogP contribution is -2.38. The molecule has 0 unspecified atom stereocenters. The summed E-state index contributed by atoms with van der Waals surface area (Å²) in [6, 6.07) is 19.3. The smallest absolute Gasteiger partial charge is 0.265 e. The molecule has 0 aliphatic carbocycles. The Kier molecular flexibility index (Phi) is 4.50. The van der Waals surface area contributed by atoms with Crippen molar-refractivity contribution >= 4 is 5.91 Å². The minimum absolute atomic E-state index is 0.108. The van der Waals surface area contributed by atoms with Crippen LogP contribution in [0.2, 0.25) is 0 Å². The molecule has 0 saturated carbocycles. The molecule has 0 aromatic heterocycles. The molecule has 2 aromatic carbocycles. The number of nitrogens with one attached hydrogen (secondary N) is 2. The second-order valence-corrected chi connectivity index (χ2v) is 3.98. The maximum Gasteiger partial charge on any atom is 0.265 e. The first-order chi connectivity index (χ1) is 8.86. The number of benzene rings is 2. The van der Waals surface area contributed by atoms with Gasteiger partial charge in [0, 0.05) is 12.1 Å². The Morgan fingerprint density at radius 2 is 1.50 bits per heavy atom. The molecule has 2 aromatic rings. The number of hydrazine groups is 1. The Morgan fingerprint density at radius 1 is 0.889 bits per heavy atom. The van der Waals surface area contributed by atoms with Crippen LogP contribution in [-0.2, 0) is 6.42 Å². The van der Waals surface area contributed by atoms with E-state index < -0.39 is 0 Å². The Hall–Kier alpha value is -2.13. The molecule has 1 amide bonds. The highest BCUT2D eigenvalue weighted by Gasteiger charge is 2.02. The summed E-state index contributed by atoms with van der Waals surface area (Å²) in [4.78, 5) is 11.7. The fourth-order valence-corrected chi connectivity index (χ4v) is 1.66. The monoisotopic (exact) mass is 240 g/mol. The van der Waals surface area contributed by atoms with Crippen LogP contribution in [-0.4, -0.2) is 12.5 Å². The zero-order valence-corrected chi connectivity index (χ0v) is 10.1. The zero-order chi connectivity index (χ0) is 12.6. The second-order valence-electron chi connectivity index (χ2n) is 3.98. The predicted octanol–water partition coefficient (Wildman–Crippen LogP) is 2.16. The molecule has 0 aliphatic heterocycles. The molecule has 0 bridgehead atoms. The topological polar surface area (TPSA) is 41.1 Å². The highest BCUT2D eigenvalue weighted by molar-refractivity contribution is 5.93. The summed E-state index contributed by atoms with van der Waals surface area (Å²) in [5.41, 5.74) is 7.52. The van der Waals surface area contributed by atoms with E-state index in [9.17, 15) is 4.79 Å². The number of amides is 1. The molecule has 0 spiro atoms. The largest absolute Gasteiger partial charge is 0.287 e. The molecule has 18 heavy (non-hydrogen) atoms. The van der Waals surface area contributed by atoms with Gasteiger partial charge in [0.05, 0.1) is 0 Å². The van der Waals surface area contributed by atoms with Gasteiger partial charge in [-0.05, 0) is 24.1 Å². The van der Waals surface area contributed by atoms with Gasteiger partial charge in [-0.3, -0.25) is 10.2 Å². The lowest BCUT2D eigenvalue weighted by molar-refractivity contribution is 0.0933. The highest BCUT2D eigenvalue weighted by atomic mass is 16.2. The maximum atomic E-state index is 11.7. The Balaban J connectivity index is 1.72. The fourth-order valence-electron chi connectivity index (χ4n) is 1.66. The van der Waals surface area contributed by atoms with Gasteiger partial charge in [-0.1, -0.05) is 48.5 Å². The van der Waals surface area contributed by atoms with Crippen LogP contribution < -0.4 is 10.9 Å². The summed E-state index contributed by atoms with van der Waals surface area (Å²) in [6.07, 6.45) is 0.885. The molecule has 3 heteroatoms. The molecule has 0 radical (unpaired) electrons. The molecular weight excluding hydrogens is 224 g/mol. The molecule has 0 fully saturated rings. The van der Waals surface area contributed by atoms with Crippen molar-refractivity contribution < 1.29 is 4.79 Å². The average Bonchev–Trinajstić information content (AvgIpc) is 2.45. The van der Waals surface area contributed by atoms with Gasteiger partial charge in [-0.2, -0.15) is 0 Å². The molecule has 0 aliphatic rings. The number of hydrogen-bond donors (Lipinski definition) is 2. The van der Waals surface area contributed by atoms with E-state index in [1.54, 1.807) is 12.1 Å². The van der Waals surface area contributed by atoms with E-state index in [-0.39, 0.29) is 5.91 Å². The van der Waals surface area contributed by atoms with Crippen LogP contribution in [0.3, 0.4) is 0 Å². The molecule has 0 heterocycles. The quantitative estimate of drug-likeness (QED) is 0.621. The predicted molar refractivity (Wildman–Crippen MR) is 72.1 cm³/mol. The number of hydrogen-bond acceptors (Lipinski definition) is 2. The van der Waals surface area contributed by atoms with Crippen molar-refractivity contribution in [2.45, 2.75) is 6.42 Å². The van der Waals surface area contributed by atoms with Gasteiger partial charge in [0.15, 0.2) is 0 Å².